The van der Waals surface area contributed by atoms with Gasteiger partial charge >= 0.3 is 0 Å². The number of anilines is 3. The molecule has 1 aromatic heterocycles. The summed E-state index contributed by atoms with van der Waals surface area (Å²) in [5.74, 6) is 0.147. The Labute approximate surface area is 153 Å². The summed E-state index contributed by atoms with van der Waals surface area (Å²) in [7, 11) is 0. The summed E-state index contributed by atoms with van der Waals surface area (Å²) >= 11 is 0. The van der Waals surface area contributed by atoms with Crippen molar-refractivity contribution in [1.29, 1.82) is 0 Å². The van der Waals surface area contributed by atoms with Crippen molar-refractivity contribution in [2.75, 3.05) is 10.6 Å². The minimum Gasteiger partial charge on any atom is -0.324 e. The van der Waals surface area contributed by atoms with E-state index in [0.29, 0.717) is 11.6 Å². The zero-order chi connectivity index (χ0) is 18.5. The second kappa shape index (κ2) is 7.78. The first-order valence-corrected chi connectivity index (χ1v) is 8.63. The zero-order valence-electron chi connectivity index (χ0n) is 15.2. The highest BCUT2D eigenvalue weighted by molar-refractivity contribution is 6.03. The van der Waals surface area contributed by atoms with Crippen molar-refractivity contribution < 1.29 is 4.79 Å². The van der Waals surface area contributed by atoms with Crippen molar-refractivity contribution in [2.45, 2.75) is 27.2 Å². The Bertz CT molecular complexity index is 920. The van der Waals surface area contributed by atoms with E-state index in [1.165, 1.54) is 5.56 Å². The van der Waals surface area contributed by atoms with Crippen LogP contribution in [0, 0.1) is 13.8 Å². The molecule has 3 rings (SSSR count). The van der Waals surface area contributed by atoms with E-state index in [2.05, 4.69) is 27.5 Å². The molecular formula is C21H22N4O. The molecule has 1 amide bonds. The first-order valence-electron chi connectivity index (χ1n) is 8.63. The molecule has 0 aliphatic carbocycles. The van der Waals surface area contributed by atoms with Crippen molar-refractivity contribution in [3.63, 3.8) is 0 Å². The lowest BCUT2D eigenvalue weighted by Crippen LogP contribution is -2.15. The predicted molar refractivity (Wildman–Crippen MR) is 105 cm³/mol. The molecular weight excluding hydrogens is 324 g/mol. The van der Waals surface area contributed by atoms with Crippen molar-refractivity contribution in [2.24, 2.45) is 0 Å². The van der Waals surface area contributed by atoms with E-state index in [-0.39, 0.29) is 5.91 Å². The summed E-state index contributed by atoms with van der Waals surface area (Å²) < 4.78 is 0. The fourth-order valence-electron chi connectivity index (χ4n) is 2.61. The van der Waals surface area contributed by atoms with Gasteiger partial charge in [-0.1, -0.05) is 31.2 Å². The molecule has 0 radical (unpaired) electrons. The van der Waals surface area contributed by atoms with Crippen LogP contribution < -0.4 is 10.6 Å². The number of benzene rings is 2. The second-order valence-corrected chi connectivity index (χ2v) is 6.22. The average Bonchev–Trinajstić information content (AvgIpc) is 2.62. The van der Waals surface area contributed by atoms with Crippen molar-refractivity contribution in [1.82, 2.24) is 9.97 Å². The van der Waals surface area contributed by atoms with Crippen LogP contribution in [0.1, 0.15) is 34.2 Å². The van der Waals surface area contributed by atoms with Gasteiger partial charge in [0.1, 0.15) is 5.69 Å². The van der Waals surface area contributed by atoms with E-state index in [1.807, 2.05) is 62.4 Å². The molecule has 0 fully saturated rings. The number of hydrogen-bond acceptors (Lipinski definition) is 4. The highest BCUT2D eigenvalue weighted by Gasteiger charge is 2.11. The van der Waals surface area contributed by atoms with Crippen molar-refractivity contribution in [3.8, 4) is 0 Å². The van der Waals surface area contributed by atoms with E-state index in [4.69, 9.17) is 0 Å². The molecule has 5 nitrogen and oxygen atoms in total. The SMILES string of the molecule is CCc1ccc(NC(=O)c2cc(C)nc(Nc3cccc(C)c3)n2)cc1. The molecule has 0 bridgehead atoms. The summed E-state index contributed by atoms with van der Waals surface area (Å²) in [6.07, 6.45) is 0.966. The van der Waals surface area contributed by atoms with Gasteiger partial charge in [0.25, 0.3) is 5.91 Å². The van der Waals surface area contributed by atoms with Crippen molar-refractivity contribution in [3.05, 3.63) is 77.1 Å². The Morgan fingerprint density at radius 1 is 0.962 bits per heavy atom. The molecule has 0 aliphatic rings. The number of nitrogens with zero attached hydrogens (tertiary/aromatic N) is 2. The van der Waals surface area contributed by atoms with Crippen LogP contribution in [0.2, 0.25) is 0 Å². The van der Waals surface area contributed by atoms with Crippen LogP contribution in [0.5, 0.6) is 0 Å². The maximum absolute atomic E-state index is 12.6. The van der Waals surface area contributed by atoms with E-state index in [9.17, 15) is 4.79 Å². The van der Waals surface area contributed by atoms with E-state index in [1.54, 1.807) is 6.07 Å². The molecule has 0 saturated carbocycles. The number of aromatic nitrogens is 2. The van der Waals surface area contributed by atoms with E-state index in [0.717, 1.165) is 29.1 Å². The monoisotopic (exact) mass is 346 g/mol. The molecule has 0 aliphatic heterocycles. The van der Waals surface area contributed by atoms with Gasteiger partial charge < -0.3 is 10.6 Å². The standard InChI is InChI=1S/C21H22N4O/c1-4-16-8-10-17(11-9-16)23-20(26)19-13-15(3)22-21(25-19)24-18-7-5-6-14(2)12-18/h5-13H,4H2,1-3H3,(H,23,26)(H,22,24,25). The summed E-state index contributed by atoms with van der Waals surface area (Å²) in [6.45, 7) is 5.96. The highest BCUT2D eigenvalue weighted by atomic mass is 16.1. The summed E-state index contributed by atoms with van der Waals surface area (Å²) in [4.78, 5) is 21.3. The smallest absolute Gasteiger partial charge is 0.274 e. The quantitative estimate of drug-likeness (QED) is 0.705. The van der Waals surface area contributed by atoms with Gasteiger partial charge in [0.15, 0.2) is 0 Å². The molecule has 26 heavy (non-hydrogen) atoms. The largest absolute Gasteiger partial charge is 0.324 e. The third kappa shape index (κ3) is 4.45. The second-order valence-electron chi connectivity index (χ2n) is 6.22. The fraction of sp³-hybridized carbons (Fsp3) is 0.190. The lowest BCUT2D eigenvalue weighted by molar-refractivity contribution is 0.102. The number of carbonyl (C=O) groups is 1. The normalized spacial score (nSPS) is 10.4. The lowest BCUT2D eigenvalue weighted by atomic mass is 10.1. The number of rotatable bonds is 5. The maximum atomic E-state index is 12.6. The molecule has 0 saturated heterocycles. The first kappa shape index (κ1) is 17.6. The number of hydrogen-bond donors (Lipinski definition) is 2. The fourth-order valence-corrected chi connectivity index (χ4v) is 2.61. The van der Waals surface area contributed by atoms with Gasteiger partial charge in [0, 0.05) is 17.1 Å². The van der Waals surface area contributed by atoms with Crippen LogP contribution in [-0.2, 0) is 6.42 Å². The Hall–Kier alpha value is -3.21. The van der Waals surface area contributed by atoms with Crippen LogP contribution in [0.3, 0.4) is 0 Å². The molecule has 0 spiro atoms. The third-order valence-corrected chi connectivity index (χ3v) is 3.98. The third-order valence-electron chi connectivity index (χ3n) is 3.98. The zero-order valence-corrected chi connectivity index (χ0v) is 15.2. The molecule has 5 heteroatoms. The summed E-state index contributed by atoms with van der Waals surface area (Å²) in [5.41, 5.74) is 5.05. The molecule has 132 valence electrons. The highest BCUT2D eigenvalue weighted by Crippen LogP contribution is 2.16. The molecule has 1 heterocycles. The van der Waals surface area contributed by atoms with Gasteiger partial charge in [-0.15, -0.1) is 0 Å². The van der Waals surface area contributed by atoms with E-state index < -0.39 is 0 Å². The van der Waals surface area contributed by atoms with Crippen molar-refractivity contribution >= 4 is 23.2 Å². The minimum absolute atomic E-state index is 0.257. The first-order chi connectivity index (χ1) is 12.5. The topological polar surface area (TPSA) is 66.9 Å². The Balaban J connectivity index is 1.78. The Morgan fingerprint density at radius 2 is 1.73 bits per heavy atom. The van der Waals surface area contributed by atoms with Crippen LogP contribution in [0.4, 0.5) is 17.3 Å². The van der Waals surface area contributed by atoms with Crippen LogP contribution in [0.15, 0.2) is 54.6 Å². The van der Waals surface area contributed by atoms with Crippen LogP contribution in [0.25, 0.3) is 0 Å². The minimum atomic E-state index is -0.257. The number of aryl methyl sites for hydroxylation is 3. The van der Waals surface area contributed by atoms with Gasteiger partial charge in [-0.2, -0.15) is 0 Å². The number of carbonyl (C=O) groups excluding carboxylic acids is 1. The van der Waals surface area contributed by atoms with Gasteiger partial charge in [-0.25, -0.2) is 9.97 Å². The van der Waals surface area contributed by atoms with Crippen LogP contribution >= 0.6 is 0 Å². The Kier molecular flexibility index (Phi) is 5.27. The molecule has 3 aromatic rings. The Morgan fingerprint density at radius 3 is 2.42 bits per heavy atom. The molecule has 0 atom stereocenters. The van der Waals surface area contributed by atoms with Gasteiger partial charge in [0.2, 0.25) is 5.95 Å². The summed E-state index contributed by atoms with van der Waals surface area (Å²) in [5, 5.41) is 6.04. The average molecular weight is 346 g/mol. The van der Waals surface area contributed by atoms with Gasteiger partial charge in [-0.3, -0.25) is 4.79 Å². The van der Waals surface area contributed by atoms with Gasteiger partial charge in [-0.05, 0) is 61.7 Å². The molecule has 2 aromatic carbocycles. The lowest BCUT2D eigenvalue weighted by Gasteiger charge is -2.09. The molecule has 2 N–H and O–H groups in total. The number of amides is 1. The number of nitrogens with one attached hydrogen (secondary N) is 2. The summed E-state index contributed by atoms with van der Waals surface area (Å²) in [6, 6.07) is 17.4. The molecule has 0 unspecified atom stereocenters. The van der Waals surface area contributed by atoms with E-state index >= 15 is 0 Å². The van der Waals surface area contributed by atoms with Crippen LogP contribution in [-0.4, -0.2) is 15.9 Å². The maximum Gasteiger partial charge on any atom is 0.274 e. The van der Waals surface area contributed by atoms with Gasteiger partial charge in [0.05, 0.1) is 0 Å². The predicted octanol–water partition coefficient (Wildman–Crippen LogP) is 4.65.